The zero-order chi connectivity index (χ0) is 25.1. The number of amides is 2. The number of nitrogens with one attached hydrogen (secondary N) is 1. The molecular formula is C27H27N5O3S. The van der Waals surface area contributed by atoms with Crippen molar-refractivity contribution in [3.8, 4) is 5.75 Å². The minimum atomic E-state index is -0.490. The topological polar surface area (TPSA) is 98.4 Å². The number of nitrogens with zero attached hydrogens (tertiary/aromatic N) is 4. The molecule has 1 fully saturated rings. The minimum Gasteiger partial charge on any atom is -0.486 e. The number of hydrogen-bond donors (Lipinski definition) is 1. The molecule has 184 valence electrons. The van der Waals surface area contributed by atoms with Gasteiger partial charge in [0.1, 0.15) is 16.9 Å². The standard InChI is InChI=1S/C27H27N5O3S/c1-18(20-8-4-2-5-9-20)35-21-12-10-19(11-13-21)16-22-25(28)32-27(29-26(22)34)36-23(30-32)17-24(33)31-14-6-3-7-15-31/h2,4-5,8-13,16,18,28H,3,6-7,14-15,17H2,1H3/b22-16-,28-25?. The summed E-state index contributed by atoms with van der Waals surface area (Å²) in [5.74, 6) is 0.202. The van der Waals surface area contributed by atoms with E-state index in [1.54, 1.807) is 6.08 Å². The first kappa shape index (κ1) is 24.0. The Morgan fingerprint density at radius 1 is 1.11 bits per heavy atom. The van der Waals surface area contributed by atoms with Crippen LogP contribution in [0, 0.1) is 5.41 Å². The summed E-state index contributed by atoms with van der Waals surface area (Å²) in [5.41, 5.74) is 1.98. The lowest BCUT2D eigenvalue weighted by Crippen LogP contribution is -2.36. The van der Waals surface area contributed by atoms with Gasteiger partial charge in [0.05, 0.1) is 12.0 Å². The van der Waals surface area contributed by atoms with Crippen molar-refractivity contribution < 1.29 is 14.3 Å². The van der Waals surface area contributed by atoms with Crippen LogP contribution in [0.4, 0.5) is 0 Å². The number of benzene rings is 2. The molecule has 3 aliphatic heterocycles. The lowest BCUT2D eigenvalue weighted by atomic mass is 10.1. The van der Waals surface area contributed by atoms with Crippen LogP contribution in [0.2, 0.25) is 0 Å². The molecule has 1 saturated heterocycles. The second-order valence-corrected chi connectivity index (χ2v) is 9.91. The highest BCUT2D eigenvalue weighted by molar-refractivity contribution is 8.27. The van der Waals surface area contributed by atoms with Gasteiger partial charge in [0.2, 0.25) is 11.1 Å². The van der Waals surface area contributed by atoms with Crippen molar-refractivity contribution in [3.63, 3.8) is 0 Å². The number of hydrogen-bond acceptors (Lipinski definition) is 6. The van der Waals surface area contributed by atoms with Gasteiger partial charge in [-0.25, -0.2) is 0 Å². The van der Waals surface area contributed by atoms with Crippen LogP contribution in [0.3, 0.4) is 0 Å². The Balaban J connectivity index is 1.26. The van der Waals surface area contributed by atoms with Crippen LogP contribution in [0.5, 0.6) is 5.75 Å². The predicted octanol–water partition coefficient (Wildman–Crippen LogP) is 4.85. The highest BCUT2D eigenvalue weighted by atomic mass is 32.2. The molecule has 5 rings (SSSR count). The predicted molar refractivity (Wildman–Crippen MR) is 142 cm³/mol. The SMILES string of the molecule is CC(Oc1ccc(/C=C2/C(=N)N3N=C(CC(=O)N4CCCCC4)SC3=NC2=O)cc1)c1ccccc1. The number of carbonyl (C=O) groups is 2. The van der Waals surface area contributed by atoms with Gasteiger partial charge in [-0.3, -0.25) is 15.0 Å². The molecule has 0 spiro atoms. The van der Waals surface area contributed by atoms with Crippen molar-refractivity contribution in [1.82, 2.24) is 9.91 Å². The van der Waals surface area contributed by atoms with Crippen LogP contribution in [-0.4, -0.2) is 50.9 Å². The van der Waals surface area contributed by atoms with Gasteiger partial charge in [-0.2, -0.15) is 15.1 Å². The maximum absolute atomic E-state index is 12.7. The van der Waals surface area contributed by atoms with Crippen molar-refractivity contribution in [2.45, 2.75) is 38.7 Å². The van der Waals surface area contributed by atoms with E-state index in [2.05, 4.69) is 10.1 Å². The van der Waals surface area contributed by atoms with Gasteiger partial charge in [0, 0.05) is 13.1 Å². The first-order chi connectivity index (χ1) is 17.5. The summed E-state index contributed by atoms with van der Waals surface area (Å²) in [7, 11) is 0. The third-order valence-corrected chi connectivity index (χ3v) is 7.19. The van der Waals surface area contributed by atoms with E-state index >= 15 is 0 Å². The third-order valence-electron chi connectivity index (χ3n) is 6.28. The highest BCUT2D eigenvalue weighted by Crippen LogP contribution is 2.30. The van der Waals surface area contributed by atoms with Crippen LogP contribution in [-0.2, 0) is 9.59 Å². The van der Waals surface area contributed by atoms with E-state index in [4.69, 9.17) is 10.1 Å². The van der Waals surface area contributed by atoms with Crippen LogP contribution < -0.4 is 4.74 Å². The van der Waals surface area contributed by atoms with Crippen molar-refractivity contribution in [3.05, 3.63) is 71.3 Å². The summed E-state index contributed by atoms with van der Waals surface area (Å²) in [4.78, 5) is 31.3. The molecule has 0 saturated carbocycles. The number of ether oxygens (including phenoxy) is 1. The summed E-state index contributed by atoms with van der Waals surface area (Å²) < 4.78 is 6.02. The first-order valence-corrected chi connectivity index (χ1v) is 12.9. The Kier molecular flexibility index (Phi) is 6.99. The molecule has 0 aliphatic carbocycles. The number of piperidine rings is 1. The fourth-order valence-corrected chi connectivity index (χ4v) is 5.17. The number of aliphatic imine (C=N–C) groups is 1. The maximum Gasteiger partial charge on any atom is 0.283 e. The van der Waals surface area contributed by atoms with Crippen molar-refractivity contribution in [1.29, 1.82) is 5.41 Å². The largest absolute Gasteiger partial charge is 0.486 e. The molecule has 2 amide bonds. The normalized spacial score (nSPS) is 19.6. The highest BCUT2D eigenvalue weighted by Gasteiger charge is 2.36. The number of hydrazone groups is 1. The van der Waals surface area contributed by atoms with Crippen molar-refractivity contribution >= 4 is 45.7 Å². The molecule has 2 aromatic carbocycles. The van der Waals surface area contributed by atoms with Gasteiger partial charge in [-0.1, -0.05) is 42.5 Å². The van der Waals surface area contributed by atoms with E-state index < -0.39 is 5.91 Å². The summed E-state index contributed by atoms with van der Waals surface area (Å²) in [6.45, 7) is 3.54. The molecule has 1 unspecified atom stereocenters. The van der Waals surface area contributed by atoms with E-state index in [-0.39, 0.29) is 29.8 Å². The number of likely N-dealkylation sites (tertiary alicyclic amines) is 1. The Labute approximate surface area is 214 Å². The van der Waals surface area contributed by atoms with Crippen LogP contribution >= 0.6 is 11.8 Å². The summed E-state index contributed by atoms with van der Waals surface area (Å²) in [6.07, 6.45) is 4.89. The van der Waals surface area contributed by atoms with Gasteiger partial charge >= 0.3 is 0 Å². The molecule has 9 heteroatoms. The molecular weight excluding hydrogens is 474 g/mol. The number of carbonyl (C=O) groups excluding carboxylic acids is 2. The van der Waals surface area contributed by atoms with E-state index in [1.807, 2.05) is 66.4 Å². The van der Waals surface area contributed by atoms with Crippen LogP contribution in [0.1, 0.15) is 49.8 Å². The molecule has 8 nitrogen and oxygen atoms in total. The fraction of sp³-hybridized carbons (Fsp3) is 0.296. The molecule has 0 bridgehead atoms. The summed E-state index contributed by atoms with van der Waals surface area (Å²) >= 11 is 1.18. The molecule has 1 atom stereocenters. The number of amidine groups is 2. The van der Waals surface area contributed by atoms with Crippen LogP contribution in [0.15, 0.2) is 70.3 Å². The number of rotatable bonds is 6. The average molecular weight is 502 g/mol. The zero-order valence-electron chi connectivity index (χ0n) is 20.0. The van der Waals surface area contributed by atoms with Gasteiger partial charge < -0.3 is 9.64 Å². The average Bonchev–Trinajstić information content (AvgIpc) is 3.30. The van der Waals surface area contributed by atoms with E-state index in [1.165, 1.54) is 16.8 Å². The Morgan fingerprint density at radius 2 is 1.83 bits per heavy atom. The van der Waals surface area contributed by atoms with Gasteiger partial charge in [-0.15, -0.1) is 0 Å². The second kappa shape index (κ2) is 10.5. The lowest BCUT2D eigenvalue weighted by Gasteiger charge is -2.26. The van der Waals surface area contributed by atoms with Gasteiger partial charge in [-0.05, 0) is 67.3 Å². The van der Waals surface area contributed by atoms with Crippen molar-refractivity contribution in [2.75, 3.05) is 13.1 Å². The smallest absolute Gasteiger partial charge is 0.283 e. The Hall–Kier alpha value is -3.72. The lowest BCUT2D eigenvalue weighted by molar-refractivity contribution is -0.130. The quantitative estimate of drug-likeness (QED) is 0.571. The molecule has 3 aliphatic rings. The van der Waals surface area contributed by atoms with Gasteiger partial charge in [0.25, 0.3) is 5.91 Å². The summed E-state index contributed by atoms with van der Waals surface area (Å²) in [6, 6.07) is 17.3. The number of thioether (sulfide) groups is 1. The van der Waals surface area contributed by atoms with E-state index in [0.29, 0.717) is 16.0 Å². The Morgan fingerprint density at radius 3 is 2.56 bits per heavy atom. The summed E-state index contributed by atoms with van der Waals surface area (Å²) in [5, 5.41) is 15.2. The third kappa shape index (κ3) is 5.26. The second-order valence-electron chi connectivity index (χ2n) is 8.87. The molecule has 2 aromatic rings. The van der Waals surface area contributed by atoms with E-state index in [0.717, 1.165) is 43.5 Å². The zero-order valence-corrected chi connectivity index (χ0v) is 20.8. The molecule has 1 N–H and O–H groups in total. The first-order valence-electron chi connectivity index (χ1n) is 12.1. The fourth-order valence-electron chi connectivity index (χ4n) is 4.29. The minimum absolute atomic E-state index is 0.0268. The number of fused-ring (bicyclic) bond motifs is 1. The van der Waals surface area contributed by atoms with E-state index in [9.17, 15) is 9.59 Å². The van der Waals surface area contributed by atoms with Crippen molar-refractivity contribution in [2.24, 2.45) is 10.1 Å². The molecule has 36 heavy (non-hydrogen) atoms. The molecule has 0 radical (unpaired) electrons. The van der Waals surface area contributed by atoms with Gasteiger partial charge in [0.15, 0.2) is 5.84 Å². The maximum atomic E-state index is 12.7. The monoisotopic (exact) mass is 501 g/mol. The Bertz CT molecular complexity index is 1260. The molecule has 0 aromatic heterocycles. The molecule has 3 heterocycles. The van der Waals surface area contributed by atoms with Crippen LogP contribution in [0.25, 0.3) is 6.08 Å².